The predicted octanol–water partition coefficient (Wildman–Crippen LogP) is 3.93. The van der Waals surface area contributed by atoms with E-state index in [2.05, 4.69) is 22.1 Å². The van der Waals surface area contributed by atoms with Crippen LogP contribution in [0.1, 0.15) is 63.2 Å². The molecule has 40 heavy (non-hydrogen) atoms. The molecule has 10 heteroatoms. The number of fused-ring (bicyclic) bond motifs is 2. The summed E-state index contributed by atoms with van der Waals surface area (Å²) in [6, 6.07) is 7.52. The van der Waals surface area contributed by atoms with Crippen LogP contribution >= 0.6 is 11.6 Å². The summed E-state index contributed by atoms with van der Waals surface area (Å²) < 4.78 is 14.9. The van der Waals surface area contributed by atoms with Gasteiger partial charge in [-0.3, -0.25) is 24.5 Å². The van der Waals surface area contributed by atoms with Crippen LogP contribution in [0.25, 0.3) is 10.9 Å². The summed E-state index contributed by atoms with van der Waals surface area (Å²) in [5, 5.41) is 3.83. The smallest absolute Gasteiger partial charge is 0.270 e. The van der Waals surface area contributed by atoms with E-state index < -0.39 is 23.7 Å². The SMILES string of the molecule is Cc1c(C(=O)N2CCC(C#Cc3cc4c(cc3F)C(=O)N(C3CCC(=O)NC3=O)C4)CC2)[nH]c2cc(Cl)ccc12. The van der Waals surface area contributed by atoms with Crippen molar-refractivity contribution in [1.82, 2.24) is 20.1 Å². The van der Waals surface area contributed by atoms with Gasteiger partial charge in [-0.15, -0.1) is 0 Å². The third kappa shape index (κ3) is 4.62. The highest BCUT2D eigenvalue weighted by Crippen LogP contribution is 2.30. The number of hydrogen-bond acceptors (Lipinski definition) is 4. The van der Waals surface area contributed by atoms with Crippen LogP contribution in [0.3, 0.4) is 0 Å². The molecule has 204 valence electrons. The van der Waals surface area contributed by atoms with Crippen molar-refractivity contribution >= 4 is 46.1 Å². The van der Waals surface area contributed by atoms with Crippen molar-refractivity contribution in [3.05, 3.63) is 69.1 Å². The first-order valence-electron chi connectivity index (χ1n) is 13.3. The molecule has 8 nitrogen and oxygen atoms in total. The number of benzene rings is 2. The standard InChI is InChI=1S/C30H26ClFN4O4/c1-16-21-5-4-20(31)13-24(21)33-27(16)30(40)35-10-8-17(9-11-35)2-3-18-12-19-15-36(29(39)22(19)14-23(18)32)25-6-7-26(37)34-28(25)38/h4-5,12-14,17,25,33H,6-11,15H2,1H3,(H,34,37,38). The number of nitrogens with zero attached hydrogens (tertiary/aromatic N) is 2. The molecule has 0 bridgehead atoms. The number of carbonyl (C=O) groups is 4. The number of carbonyl (C=O) groups excluding carboxylic acids is 4. The van der Waals surface area contributed by atoms with E-state index in [1.54, 1.807) is 12.1 Å². The maximum atomic E-state index is 14.9. The van der Waals surface area contributed by atoms with Crippen molar-refractivity contribution in [2.45, 2.75) is 45.2 Å². The molecule has 2 aromatic carbocycles. The van der Waals surface area contributed by atoms with Crippen LogP contribution < -0.4 is 5.32 Å². The van der Waals surface area contributed by atoms with Gasteiger partial charge in [-0.05, 0) is 61.6 Å². The lowest BCUT2D eigenvalue weighted by Crippen LogP contribution is -2.52. The molecule has 4 amide bonds. The van der Waals surface area contributed by atoms with E-state index in [1.165, 1.54) is 11.0 Å². The summed E-state index contributed by atoms with van der Waals surface area (Å²) in [6.45, 7) is 3.15. The van der Waals surface area contributed by atoms with Gasteiger partial charge in [0, 0.05) is 53.5 Å². The van der Waals surface area contributed by atoms with E-state index in [-0.39, 0.29) is 48.2 Å². The second-order valence-electron chi connectivity index (χ2n) is 10.5. The molecule has 6 rings (SSSR count). The highest BCUT2D eigenvalue weighted by molar-refractivity contribution is 6.31. The minimum atomic E-state index is -0.756. The quantitative estimate of drug-likeness (QED) is 0.366. The number of likely N-dealkylation sites (tertiary alicyclic amines) is 1. The van der Waals surface area contributed by atoms with Crippen LogP contribution in [0.15, 0.2) is 30.3 Å². The highest BCUT2D eigenvalue weighted by Gasteiger charge is 2.39. The number of aryl methyl sites for hydroxylation is 1. The molecule has 4 heterocycles. The van der Waals surface area contributed by atoms with Gasteiger partial charge < -0.3 is 14.8 Å². The van der Waals surface area contributed by atoms with Crippen molar-refractivity contribution in [2.75, 3.05) is 13.1 Å². The number of hydrogen-bond donors (Lipinski definition) is 2. The minimum absolute atomic E-state index is 0.000856. The Hall–Kier alpha value is -4.16. The number of halogens is 2. The Balaban J connectivity index is 1.12. The zero-order valence-corrected chi connectivity index (χ0v) is 22.5. The fourth-order valence-electron chi connectivity index (χ4n) is 5.77. The summed E-state index contributed by atoms with van der Waals surface area (Å²) in [7, 11) is 0. The second kappa shape index (κ2) is 10.1. The van der Waals surface area contributed by atoms with E-state index in [1.807, 2.05) is 24.0 Å². The Bertz CT molecular complexity index is 1660. The predicted molar refractivity (Wildman–Crippen MR) is 146 cm³/mol. The lowest BCUT2D eigenvalue weighted by Gasteiger charge is -2.29. The number of aromatic nitrogens is 1. The average Bonchev–Trinajstić information content (AvgIpc) is 3.42. The number of H-pyrrole nitrogens is 1. The molecule has 1 aromatic heterocycles. The molecule has 2 fully saturated rings. The third-order valence-corrected chi connectivity index (χ3v) is 8.27. The van der Waals surface area contributed by atoms with E-state index in [0.29, 0.717) is 42.2 Å². The number of piperidine rings is 2. The van der Waals surface area contributed by atoms with E-state index in [4.69, 9.17) is 11.6 Å². The van der Waals surface area contributed by atoms with E-state index >= 15 is 0 Å². The largest absolute Gasteiger partial charge is 0.350 e. The number of rotatable bonds is 2. The molecule has 2 N–H and O–H groups in total. The molecule has 3 aliphatic rings. The van der Waals surface area contributed by atoms with Crippen LogP contribution in [-0.2, 0) is 16.1 Å². The molecule has 1 atom stereocenters. The van der Waals surface area contributed by atoms with Crippen molar-refractivity contribution in [1.29, 1.82) is 0 Å². The Morgan fingerprint density at radius 3 is 2.62 bits per heavy atom. The summed E-state index contributed by atoms with van der Waals surface area (Å²) in [5.74, 6) is 4.16. The Kier molecular flexibility index (Phi) is 6.59. The lowest BCUT2D eigenvalue weighted by molar-refractivity contribution is -0.136. The molecular weight excluding hydrogens is 535 g/mol. The molecule has 3 aromatic rings. The van der Waals surface area contributed by atoms with E-state index in [9.17, 15) is 23.6 Å². The number of nitrogens with one attached hydrogen (secondary N) is 2. The van der Waals surface area contributed by atoms with Gasteiger partial charge in [0.05, 0.1) is 5.56 Å². The Morgan fingerprint density at radius 2 is 1.88 bits per heavy atom. The lowest BCUT2D eigenvalue weighted by atomic mass is 9.96. The van der Waals surface area contributed by atoms with Gasteiger partial charge in [0.2, 0.25) is 11.8 Å². The molecule has 0 saturated carbocycles. The number of imide groups is 1. The number of aromatic amines is 1. The van der Waals surface area contributed by atoms with Gasteiger partial charge in [-0.25, -0.2) is 4.39 Å². The first-order chi connectivity index (χ1) is 19.2. The van der Waals surface area contributed by atoms with Crippen molar-refractivity contribution in [3.63, 3.8) is 0 Å². The third-order valence-electron chi connectivity index (χ3n) is 8.04. The fraction of sp³-hybridized carbons (Fsp3) is 0.333. The van der Waals surface area contributed by atoms with Crippen LogP contribution in [-0.4, -0.2) is 57.5 Å². The maximum absolute atomic E-state index is 14.9. The molecule has 0 aliphatic carbocycles. The highest BCUT2D eigenvalue weighted by atomic mass is 35.5. The van der Waals surface area contributed by atoms with Crippen LogP contribution in [0.4, 0.5) is 4.39 Å². The Labute approximate surface area is 234 Å². The summed E-state index contributed by atoms with van der Waals surface area (Å²) >= 11 is 6.10. The van der Waals surface area contributed by atoms with Crippen molar-refractivity contribution in [3.8, 4) is 11.8 Å². The zero-order valence-electron chi connectivity index (χ0n) is 21.8. The topological polar surface area (TPSA) is 103 Å². The van der Waals surface area contributed by atoms with Crippen LogP contribution in [0.2, 0.25) is 5.02 Å². The maximum Gasteiger partial charge on any atom is 0.270 e. The molecule has 3 aliphatic heterocycles. The molecule has 0 spiro atoms. The summed E-state index contributed by atoms with van der Waals surface area (Å²) in [4.78, 5) is 56.2. The zero-order chi connectivity index (χ0) is 28.1. The monoisotopic (exact) mass is 560 g/mol. The van der Waals surface area contributed by atoms with Crippen molar-refractivity contribution in [2.24, 2.45) is 5.92 Å². The minimum Gasteiger partial charge on any atom is -0.350 e. The first kappa shape index (κ1) is 26.1. The first-order valence-corrected chi connectivity index (χ1v) is 13.6. The fourth-order valence-corrected chi connectivity index (χ4v) is 5.95. The second-order valence-corrected chi connectivity index (χ2v) is 11.0. The van der Waals surface area contributed by atoms with Crippen molar-refractivity contribution < 1.29 is 23.6 Å². The molecule has 1 unspecified atom stereocenters. The number of amides is 4. The van der Waals surface area contributed by atoms with Gasteiger partial charge in [0.25, 0.3) is 11.8 Å². The van der Waals surface area contributed by atoms with Gasteiger partial charge in [-0.2, -0.15) is 0 Å². The molecular formula is C30H26ClFN4O4. The van der Waals surface area contributed by atoms with Gasteiger partial charge in [0.1, 0.15) is 17.6 Å². The summed E-state index contributed by atoms with van der Waals surface area (Å²) in [5.41, 5.74) is 3.29. The molecule has 2 saturated heterocycles. The normalized spacial score (nSPS) is 19.5. The van der Waals surface area contributed by atoms with Gasteiger partial charge in [0.15, 0.2) is 0 Å². The average molecular weight is 561 g/mol. The molecule has 0 radical (unpaired) electrons. The van der Waals surface area contributed by atoms with Crippen LogP contribution in [0.5, 0.6) is 0 Å². The van der Waals surface area contributed by atoms with Gasteiger partial charge >= 0.3 is 0 Å². The summed E-state index contributed by atoms with van der Waals surface area (Å²) in [6.07, 6.45) is 1.73. The Morgan fingerprint density at radius 1 is 1.10 bits per heavy atom. The van der Waals surface area contributed by atoms with E-state index in [0.717, 1.165) is 16.5 Å². The van der Waals surface area contributed by atoms with Gasteiger partial charge in [-0.1, -0.05) is 29.5 Å². The van der Waals surface area contributed by atoms with Crippen LogP contribution in [0, 0.1) is 30.5 Å².